The van der Waals surface area contributed by atoms with Crippen molar-refractivity contribution in [1.29, 1.82) is 0 Å². The first-order chi connectivity index (χ1) is 16.6. The Bertz CT molecular complexity index is 1290. The first-order valence-corrected chi connectivity index (χ1v) is 12.3. The minimum absolute atomic E-state index is 0.0123. The molecule has 2 heterocycles. The summed E-state index contributed by atoms with van der Waals surface area (Å²) in [5.41, 5.74) is 2.17. The van der Waals surface area contributed by atoms with Crippen molar-refractivity contribution in [2.45, 2.75) is 25.7 Å². The zero-order chi connectivity index (χ0) is 25.8. The van der Waals surface area contributed by atoms with Crippen LogP contribution in [-0.4, -0.2) is 57.3 Å². The van der Waals surface area contributed by atoms with Crippen molar-refractivity contribution in [3.05, 3.63) is 54.5 Å². The maximum absolute atomic E-state index is 14.0. The van der Waals surface area contributed by atoms with Gasteiger partial charge in [-0.25, -0.2) is 23.2 Å². The summed E-state index contributed by atoms with van der Waals surface area (Å²) in [4.78, 5) is 27.6. The Balaban J connectivity index is 2.19. The van der Waals surface area contributed by atoms with Crippen LogP contribution in [0.3, 0.4) is 0 Å². The summed E-state index contributed by atoms with van der Waals surface area (Å²) >= 11 is 0. The van der Waals surface area contributed by atoms with Gasteiger partial charge in [-0.3, -0.25) is 4.98 Å². The molecule has 0 N–H and O–H groups in total. The molecule has 35 heavy (non-hydrogen) atoms. The second kappa shape index (κ2) is 10.7. The third-order valence-corrected chi connectivity index (χ3v) is 6.57. The fraction of sp³-hybridized carbons (Fsp3) is 0.333. The fourth-order valence-electron chi connectivity index (χ4n) is 3.15. The molecule has 0 spiro atoms. The summed E-state index contributed by atoms with van der Waals surface area (Å²) in [5.74, 6) is -0.445. The van der Waals surface area contributed by atoms with Gasteiger partial charge < -0.3 is 14.4 Å². The van der Waals surface area contributed by atoms with Crippen molar-refractivity contribution in [3.8, 4) is 17.1 Å². The Hall–Kier alpha value is -3.73. The number of carbonyl (C=O) groups excluding carboxylic acids is 1. The molecule has 3 aromatic rings. The number of sulfonamides is 1. The summed E-state index contributed by atoms with van der Waals surface area (Å²) in [6.45, 7) is 5.37. The number of nitrogens with zero attached hydrogens (tertiary/aromatic N) is 5. The highest BCUT2D eigenvalue weighted by Gasteiger charge is 2.38. The number of aromatic nitrogens is 3. The van der Waals surface area contributed by atoms with Crippen molar-refractivity contribution in [2.75, 3.05) is 37.0 Å². The van der Waals surface area contributed by atoms with E-state index in [2.05, 4.69) is 15.0 Å². The van der Waals surface area contributed by atoms with Crippen molar-refractivity contribution < 1.29 is 22.7 Å². The number of carbonyl (C=O) groups is 1. The lowest BCUT2D eigenvalue weighted by molar-refractivity contribution is 0.143. The van der Waals surface area contributed by atoms with E-state index in [1.165, 1.54) is 31.6 Å². The fourth-order valence-corrected chi connectivity index (χ4v) is 4.62. The number of hydrogen-bond donors (Lipinski definition) is 0. The van der Waals surface area contributed by atoms with E-state index in [9.17, 15) is 13.2 Å². The highest BCUT2D eigenvalue weighted by atomic mass is 32.2. The van der Waals surface area contributed by atoms with Gasteiger partial charge in [0.1, 0.15) is 4.90 Å². The molecule has 3 rings (SSSR count). The molecule has 1 amide bonds. The van der Waals surface area contributed by atoms with Crippen molar-refractivity contribution in [1.82, 2.24) is 15.0 Å². The number of aryl methyl sites for hydroxylation is 1. The zero-order valence-corrected chi connectivity index (χ0v) is 21.4. The SMILES string of the molecule is COc1nc(C)cnc1N(C(=O)OCC(C)C)S(=O)(=O)c1cccnc1-c1ccc(N(C)C)cc1. The number of benzene rings is 1. The molecule has 11 heteroatoms. The van der Waals surface area contributed by atoms with E-state index in [4.69, 9.17) is 9.47 Å². The van der Waals surface area contributed by atoms with Crippen LogP contribution in [0.5, 0.6) is 5.88 Å². The van der Waals surface area contributed by atoms with Crippen LogP contribution in [0.25, 0.3) is 11.3 Å². The van der Waals surface area contributed by atoms with Gasteiger partial charge in [0.15, 0.2) is 0 Å². The lowest BCUT2D eigenvalue weighted by atomic mass is 10.1. The topological polar surface area (TPSA) is 115 Å². The summed E-state index contributed by atoms with van der Waals surface area (Å²) in [6, 6.07) is 10.1. The summed E-state index contributed by atoms with van der Waals surface area (Å²) in [6.07, 6.45) is 1.72. The van der Waals surface area contributed by atoms with Gasteiger partial charge in [-0.05, 0) is 37.1 Å². The van der Waals surface area contributed by atoms with E-state index in [-0.39, 0.29) is 34.8 Å². The molecular formula is C24H29N5O5S. The van der Waals surface area contributed by atoms with Crippen LogP contribution in [0.2, 0.25) is 0 Å². The van der Waals surface area contributed by atoms with E-state index in [0.29, 0.717) is 15.6 Å². The van der Waals surface area contributed by atoms with E-state index in [1.807, 2.05) is 45.0 Å². The van der Waals surface area contributed by atoms with Gasteiger partial charge in [0, 0.05) is 31.5 Å². The van der Waals surface area contributed by atoms with Gasteiger partial charge in [0.05, 0.1) is 31.3 Å². The number of amides is 1. The molecule has 2 aromatic heterocycles. The molecule has 0 unspecified atom stereocenters. The molecule has 0 fully saturated rings. The predicted molar refractivity (Wildman–Crippen MR) is 133 cm³/mol. The number of methoxy groups -OCH3 is 1. The van der Waals surface area contributed by atoms with Crippen LogP contribution in [0.15, 0.2) is 53.7 Å². The van der Waals surface area contributed by atoms with Crippen LogP contribution >= 0.6 is 0 Å². The zero-order valence-electron chi connectivity index (χ0n) is 20.6. The molecule has 0 bridgehead atoms. The molecular weight excluding hydrogens is 470 g/mol. The Morgan fingerprint density at radius 1 is 1.09 bits per heavy atom. The molecule has 186 valence electrons. The van der Waals surface area contributed by atoms with Crippen molar-refractivity contribution in [2.24, 2.45) is 5.92 Å². The van der Waals surface area contributed by atoms with Crippen LogP contribution < -0.4 is 13.9 Å². The normalized spacial score (nSPS) is 11.3. The molecule has 1 aromatic carbocycles. The first kappa shape index (κ1) is 25.9. The largest absolute Gasteiger partial charge is 0.478 e. The molecule has 0 radical (unpaired) electrons. The Morgan fingerprint density at radius 3 is 2.37 bits per heavy atom. The number of ether oxygens (including phenoxy) is 2. The number of hydrogen-bond acceptors (Lipinski definition) is 9. The summed E-state index contributed by atoms with van der Waals surface area (Å²) < 4.78 is 39.0. The van der Waals surface area contributed by atoms with Gasteiger partial charge in [-0.15, -0.1) is 4.31 Å². The van der Waals surface area contributed by atoms with Crippen LogP contribution in [-0.2, 0) is 14.8 Å². The van der Waals surface area contributed by atoms with Crippen LogP contribution in [0.4, 0.5) is 16.3 Å². The predicted octanol–water partition coefficient (Wildman–Crippen LogP) is 3.91. The van der Waals surface area contributed by atoms with E-state index in [1.54, 1.807) is 19.1 Å². The number of pyridine rings is 1. The molecule has 0 aliphatic carbocycles. The lowest BCUT2D eigenvalue weighted by Crippen LogP contribution is -2.39. The highest BCUT2D eigenvalue weighted by Crippen LogP contribution is 2.34. The molecule has 0 saturated carbocycles. The average Bonchev–Trinajstić information content (AvgIpc) is 2.83. The maximum Gasteiger partial charge on any atom is 0.430 e. The summed E-state index contributed by atoms with van der Waals surface area (Å²) in [7, 11) is 0.580. The Morgan fingerprint density at radius 2 is 1.77 bits per heavy atom. The number of anilines is 2. The maximum atomic E-state index is 14.0. The van der Waals surface area contributed by atoms with Gasteiger partial charge in [0.2, 0.25) is 5.82 Å². The van der Waals surface area contributed by atoms with Crippen LogP contribution in [0, 0.1) is 12.8 Å². The second-order valence-corrected chi connectivity index (χ2v) is 10.1. The summed E-state index contributed by atoms with van der Waals surface area (Å²) in [5, 5.41) is 0. The lowest BCUT2D eigenvalue weighted by Gasteiger charge is -2.23. The minimum Gasteiger partial charge on any atom is -0.478 e. The standard InChI is InChI=1S/C24H29N5O5S/c1-16(2)15-34-24(30)29(22-23(33-6)27-17(3)14-26-22)35(31,32)20-8-7-13-25-21(20)18-9-11-19(12-10-18)28(4)5/h7-14,16H,15H2,1-6H3. The monoisotopic (exact) mass is 499 g/mol. The second-order valence-electron chi connectivity index (χ2n) is 8.38. The quantitative estimate of drug-likeness (QED) is 0.455. The first-order valence-electron chi connectivity index (χ1n) is 10.9. The molecule has 0 saturated heterocycles. The Kier molecular flexibility index (Phi) is 7.90. The molecule has 0 aliphatic rings. The molecule has 0 aliphatic heterocycles. The van der Waals surface area contributed by atoms with Gasteiger partial charge in [-0.1, -0.05) is 26.0 Å². The number of rotatable bonds is 8. The van der Waals surface area contributed by atoms with Gasteiger partial charge in [0.25, 0.3) is 15.9 Å². The third kappa shape index (κ3) is 5.68. The van der Waals surface area contributed by atoms with Gasteiger partial charge >= 0.3 is 6.09 Å². The van der Waals surface area contributed by atoms with Crippen molar-refractivity contribution in [3.63, 3.8) is 0 Å². The van der Waals surface area contributed by atoms with E-state index >= 15 is 0 Å². The van der Waals surface area contributed by atoms with E-state index < -0.39 is 16.1 Å². The van der Waals surface area contributed by atoms with Crippen LogP contribution in [0.1, 0.15) is 19.5 Å². The van der Waals surface area contributed by atoms with Crippen molar-refractivity contribution >= 4 is 27.6 Å². The Labute approximate surface area is 205 Å². The minimum atomic E-state index is -4.55. The van der Waals surface area contributed by atoms with Gasteiger partial charge in [-0.2, -0.15) is 0 Å². The van der Waals surface area contributed by atoms with E-state index in [0.717, 1.165) is 5.69 Å². The highest BCUT2D eigenvalue weighted by molar-refractivity contribution is 7.93. The molecule has 10 nitrogen and oxygen atoms in total. The smallest absolute Gasteiger partial charge is 0.430 e. The molecule has 0 atom stereocenters. The average molecular weight is 500 g/mol. The third-order valence-electron chi connectivity index (χ3n) is 4.88.